The highest BCUT2D eigenvalue weighted by Gasteiger charge is 2.20. The van der Waals surface area contributed by atoms with Gasteiger partial charge in [0.25, 0.3) is 0 Å². The fourth-order valence-corrected chi connectivity index (χ4v) is 4.65. The molecular weight excluding hydrogens is 362 g/mol. The number of sulfonamides is 1. The second kappa shape index (κ2) is 7.98. The number of hydrogen-bond acceptors (Lipinski definition) is 4. The molecule has 1 N–H and O–H groups in total. The zero-order chi connectivity index (χ0) is 19.4. The topological polar surface area (TPSA) is 64.6 Å². The first-order valence-electron chi connectivity index (χ1n) is 8.68. The minimum Gasteiger partial charge on any atom is -0.497 e. The number of rotatable bonds is 7. The van der Waals surface area contributed by atoms with Gasteiger partial charge < -0.3 is 9.47 Å². The van der Waals surface area contributed by atoms with Crippen molar-refractivity contribution >= 4 is 20.8 Å². The smallest absolute Gasteiger partial charge is 0.241 e. The van der Waals surface area contributed by atoms with Crippen LogP contribution in [0.1, 0.15) is 11.1 Å². The van der Waals surface area contributed by atoms with Crippen LogP contribution in [0, 0.1) is 13.8 Å². The summed E-state index contributed by atoms with van der Waals surface area (Å²) in [7, 11) is -2.07. The number of fused-ring (bicyclic) bond motifs is 1. The monoisotopic (exact) mass is 385 g/mol. The molecule has 0 heterocycles. The van der Waals surface area contributed by atoms with E-state index in [4.69, 9.17) is 9.47 Å². The van der Waals surface area contributed by atoms with Crippen LogP contribution in [0.25, 0.3) is 10.8 Å². The molecule has 3 rings (SSSR count). The van der Waals surface area contributed by atoms with E-state index in [2.05, 4.69) is 4.72 Å². The van der Waals surface area contributed by atoms with Crippen molar-refractivity contribution in [2.24, 2.45) is 0 Å². The molecule has 0 aromatic heterocycles. The molecule has 0 saturated carbocycles. The highest BCUT2D eigenvalue weighted by atomic mass is 32.2. The minimum absolute atomic E-state index is 0.177. The average Bonchev–Trinajstić information content (AvgIpc) is 2.64. The molecule has 3 aromatic carbocycles. The van der Waals surface area contributed by atoms with Crippen molar-refractivity contribution in [3.8, 4) is 11.5 Å². The fourth-order valence-electron chi connectivity index (χ4n) is 3.18. The van der Waals surface area contributed by atoms with Gasteiger partial charge >= 0.3 is 0 Å². The third kappa shape index (κ3) is 4.23. The van der Waals surface area contributed by atoms with Gasteiger partial charge in [0.2, 0.25) is 10.0 Å². The van der Waals surface area contributed by atoms with E-state index in [0.29, 0.717) is 16.9 Å². The van der Waals surface area contributed by atoms with Crippen LogP contribution in [0.15, 0.2) is 59.5 Å². The number of hydrogen-bond donors (Lipinski definition) is 1. The van der Waals surface area contributed by atoms with Crippen LogP contribution in [-0.2, 0) is 10.0 Å². The maximum atomic E-state index is 12.7. The van der Waals surface area contributed by atoms with Gasteiger partial charge in [0.05, 0.1) is 12.0 Å². The third-order valence-corrected chi connectivity index (χ3v) is 6.11. The number of ether oxygens (including phenoxy) is 2. The second-order valence-electron chi connectivity index (χ2n) is 6.31. The Morgan fingerprint density at radius 2 is 1.63 bits per heavy atom. The van der Waals surface area contributed by atoms with E-state index >= 15 is 0 Å². The van der Waals surface area contributed by atoms with Crippen molar-refractivity contribution in [2.75, 3.05) is 20.3 Å². The van der Waals surface area contributed by atoms with Crippen LogP contribution in [0.5, 0.6) is 11.5 Å². The SMILES string of the molecule is COc1cc(C)c(S(=O)(=O)NCCOc2cccc3ccccc23)c(C)c1. The molecule has 5 nitrogen and oxygen atoms in total. The van der Waals surface area contributed by atoms with Gasteiger partial charge in [-0.15, -0.1) is 0 Å². The lowest BCUT2D eigenvalue weighted by atomic mass is 10.1. The van der Waals surface area contributed by atoms with Crippen molar-refractivity contribution in [3.05, 3.63) is 65.7 Å². The van der Waals surface area contributed by atoms with E-state index in [1.165, 1.54) is 0 Å². The van der Waals surface area contributed by atoms with Gasteiger partial charge in [-0.3, -0.25) is 0 Å². The lowest BCUT2D eigenvalue weighted by molar-refractivity contribution is 0.326. The van der Waals surface area contributed by atoms with Gasteiger partial charge in [0.15, 0.2) is 0 Å². The van der Waals surface area contributed by atoms with Crippen molar-refractivity contribution in [1.29, 1.82) is 0 Å². The Bertz CT molecular complexity index is 1030. The van der Waals surface area contributed by atoms with Gasteiger partial charge in [-0.1, -0.05) is 36.4 Å². The zero-order valence-electron chi connectivity index (χ0n) is 15.7. The number of aryl methyl sites for hydroxylation is 2. The summed E-state index contributed by atoms with van der Waals surface area (Å²) in [5.74, 6) is 1.38. The highest BCUT2D eigenvalue weighted by Crippen LogP contribution is 2.26. The summed E-state index contributed by atoms with van der Waals surface area (Å²) in [4.78, 5) is 0.286. The highest BCUT2D eigenvalue weighted by molar-refractivity contribution is 7.89. The van der Waals surface area contributed by atoms with Crippen molar-refractivity contribution in [3.63, 3.8) is 0 Å². The van der Waals surface area contributed by atoms with E-state index in [1.54, 1.807) is 33.1 Å². The number of nitrogens with one attached hydrogen (secondary N) is 1. The predicted molar refractivity (Wildman–Crippen MR) is 107 cm³/mol. The number of methoxy groups -OCH3 is 1. The summed E-state index contributed by atoms with van der Waals surface area (Å²) in [5.41, 5.74) is 1.30. The molecule has 0 radical (unpaired) electrons. The van der Waals surface area contributed by atoms with E-state index in [-0.39, 0.29) is 18.0 Å². The van der Waals surface area contributed by atoms with Crippen LogP contribution in [0.4, 0.5) is 0 Å². The first kappa shape index (κ1) is 19.2. The largest absolute Gasteiger partial charge is 0.497 e. The van der Waals surface area contributed by atoms with Gasteiger partial charge in [0.1, 0.15) is 18.1 Å². The molecule has 0 atom stereocenters. The Hall–Kier alpha value is -2.57. The molecule has 0 unspecified atom stereocenters. The molecule has 0 aliphatic carbocycles. The van der Waals surface area contributed by atoms with E-state index in [9.17, 15) is 8.42 Å². The lowest BCUT2D eigenvalue weighted by Gasteiger charge is -2.14. The molecule has 3 aromatic rings. The average molecular weight is 385 g/mol. The molecule has 0 amide bonds. The summed E-state index contributed by atoms with van der Waals surface area (Å²) >= 11 is 0. The lowest BCUT2D eigenvalue weighted by Crippen LogP contribution is -2.29. The maximum Gasteiger partial charge on any atom is 0.241 e. The molecule has 0 spiro atoms. The molecule has 0 fully saturated rings. The summed E-state index contributed by atoms with van der Waals surface area (Å²) in [6.45, 7) is 3.94. The molecule has 27 heavy (non-hydrogen) atoms. The summed E-state index contributed by atoms with van der Waals surface area (Å²) in [6, 6.07) is 17.2. The summed E-state index contributed by atoms with van der Waals surface area (Å²) in [5, 5.41) is 2.09. The normalized spacial score (nSPS) is 11.5. The van der Waals surface area contributed by atoms with Crippen LogP contribution < -0.4 is 14.2 Å². The van der Waals surface area contributed by atoms with Crippen LogP contribution in [-0.4, -0.2) is 28.7 Å². The Kier molecular flexibility index (Phi) is 5.68. The van der Waals surface area contributed by atoms with E-state index < -0.39 is 10.0 Å². The molecule has 142 valence electrons. The Labute approximate surface area is 160 Å². The molecule has 0 aliphatic rings. The molecule has 0 saturated heterocycles. The summed E-state index contributed by atoms with van der Waals surface area (Å²) in [6.07, 6.45) is 0. The van der Waals surface area contributed by atoms with Gasteiger partial charge in [-0.2, -0.15) is 0 Å². The Morgan fingerprint density at radius 1 is 0.963 bits per heavy atom. The quantitative estimate of drug-likeness (QED) is 0.628. The molecule has 0 bridgehead atoms. The summed E-state index contributed by atoms with van der Waals surface area (Å²) < 4.78 is 39.0. The maximum absolute atomic E-state index is 12.7. The Balaban J connectivity index is 1.68. The van der Waals surface area contributed by atoms with Gasteiger partial charge in [0, 0.05) is 11.9 Å². The molecule has 6 heteroatoms. The second-order valence-corrected chi connectivity index (χ2v) is 8.02. The Morgan fingerprint density at radius 3 is 2.33 bits per heavy atom. The van der Waals surface area contributed by atoms with Crippen molar-refractivity contribution < 1.29 is 17.9 Å². The predicted octanol–water partition coefficient (Wildman–Crippen LogP) is 3.82. The molecule has 0 aliphatic heterocycles. The van der Waals surface area contributed by atoms with E-state index in [1.807, 2.05) is 42.5 Å². The van der Waals surface area contributed by atoms with Crippen LogP contribution in [0.3, 0.4) is 0 Å². The van der Waals surface area contributed by atoms with Gasteiger partial charge in [-0.25, -0.2) is 13.1 Å². The molecular formula is C21H23NO4S. The standard InChI is InChI=1S/C21H23NO4S/c1-15-13-18(25-3)14-16(2)21(15)27(23,24)22-11-12-26-20-10-6-8-17-7-4-5-9-19(17)20/h4-10,13-14,22H,11-12H2,1-3H3. The number of benzene rings is 3. The van der Waals surface area contributed by atoms with Crippen LogP contribution in [0.2, 0.25) is 0 Å². The van der Waals surface area contributed by atoms with Gasteiger partial charge in [-0.05, 0) is 48.6 Å². The third-order valence-electron chi connectivity index (χ3n) is 4.34. The first-order chi connectivity index (χ1) is 12.9. The minimum atomic E-state index is -3.63. The van der Waals surface area contributed by atoms with Crippen molar-refractivity contribution in [2.45, 2.75) is 18.7 Å². The first-order valence-corrected chi connectivity index (χ1v) is 10.2. The van der Waals surface area contributed by atoms with Crippen LogP contribution >= 0.6 is 0 Å². The van der Waals surface area contributed by atoms with Crippen molar-refractivity contribution in [1.82, 2.24) is 4.72 Å². The fraction of sp³-hybridized carbons (Fsp3) is 0.238. The van der Waals surface area contributed by atoms with E-state index in [0.717, 1.165) is 16.5 Å². The zero-order valence-corrected chi connectivity index (χ0v) is 16.5.